The van der Waals surface area contributed by atoms with Gasteiger partial charge in [-0.15, -0.1) is 0 Å². The lowest BCUT2D eigenvalue weighted by Crippen LogP contribution is -2.38. The van der Waals surface area contributed by atoms with Crippen molar-refractivity contribution in [2.45, 2.75) is 38.7 Å². The zero-order valence-electron chi connectivity index (χ0n) is 14.7. The molecule has 2 heterocycles. The molecule has 1 atom stereocenters. The average molecular weight is 361 g/mol. The standard InChI is InChI=1S/C17H26F3N3O2/c1-13(2)25-12-15(24)11-22-6-3-7-23(9-8-22)16-5-4-14(10-21-16)17(18,19)20/h4-5,10,13,15,24H,3,6-9,11-12H2,1-2H3. The fourth-order valence-corrected chi connectivity index (χ4v) is 2.78. The molecule has 1 aromatic rings. The second kappa shape index (κ2) is 8.82. The molecule has 0 spiro atoms. The molecule has 1 N–H and O–H groups in total. The van der Waals surface area contributed by atoms with E-state index >= 15 is 0 Å². The van der Waals surface area contributed by atoms with Gasteiger partial charge in [0.2, 0.25) is 0 Å². The minimum Gasteiger partial charge on any atom is -0.389 e. The minimum absolute atomic E-state index is 0.0834. The van der Waals surface area contributed by atoms with E-state index in [0.717, 1.165) is 38.3 Å². The lowest BCUT2D eigenvalue weighted by atomic mass is 10.2. The molecule has 1 aromatic heterocycles. The molecule has 142 valence electrons. The van der Waals surface area contributed by atoms with Crippen LogP contribution in [-0.4, -0.2) is 66.5 Å². The molecule has 8 heteroatoms. The summed E-state index contributed by atoms with van der Waals surface area (Å²) < 4.78 is 43.3. The number of ether oxygens (including phenoxy) is 1. The smallest absolute Gasteiger partial charge is 0.389 e. The Morgan fingerprint density at radius 2 is 1.96 bits per heavy atom. The predicted molar refractivity (Wildman–Crippen MR) is 89.6 cm³/mol. The molecule has 1 unspecified atom stereocenters. The topological polar surface area (TPSA) is 48.8 Å². The van der Waals surface area contributed by atoms with Crippen LogP contribution in [0.15, 0.2) is 18.3 Å². The highest BCUT2D eigenvalue weighted by Crippen LogP contribution is 2.29. The summed E-state index contributed by atoms with van der Waals surface area (Å²) in [5, 5.41) is 10.0. The molecule has 0 aromatic carbocycles. The van der Waals surface area contributed by atoms with Crippen molar-refractivity contribution < 1.29 is 23.0 Å². The first-order chi connectivity index (χ1) is 11.8. The zero-order chi connectivity index (χ0) is 18.4. The molecule has 1 aliphatic rings. The number of halogens is 3. The van der Waals surface area contributed by atoms with Gasteiger partial charge in [0.1, 0.15) is 5.82 Å². The lowest BCUT2D eigenvalue weighted by molar-refractivity contribution is -0.137. The summed E-state index contributed by atoms with van der Waals surface area (Å²) in [6.07, 6.45) is -3.08. The summed E-state index contributed by atoms with van der Waals surface area (Å²) >= 11 is 0. The highest BCUT2D eigenvalue weighted by Gasteiger charge is 2.31. The first kappa shape index (κ1) is 19.9. The number of β-amino-alcohol motifs (C(OH)–C–C–N with tert-alkyl or cyclic N) is 1. The molecule has 2 rings (SSSR count). The highest BCUT2D eigenvalue weighted by atomic mass is 19.4. The van der Waals surface area contributed by atoms with Gasteiger partial charge in [-0.2, -0.15) is 13.2 Å². The van der Waals surface area contributed by atoms with Crippen LogP contribution in [0.25, 0.3) is 0 Å². The van der Waals surface area contributed by atoms with E-state index in [2.05, 4.69) is 9.88 Å². The number of hydrogen-bond donors (Lipinski definition) is 1. The highest BCUT2D eigenvalue weighted by molar-refractivity contribution is 5.40. The number of anilines is 1. The Labute approximate surface area is 146 Å². The van der Waals surface area contributed by atoms with Gasteiger partial charge >= 0.3 is 6.18 Å². The van der Waals surface area contributed by atoms with Crippen LogP contribution in [-0.2, 0) is 10.9 Å². The summed E-state index contributed by atoms with van der Waals surface area (Å²) in [6.45, 7) is 7.63. The summed E-state index contributed by atoms with van der Waals surface area (Å²) in [6, 6.07) is 2.49. The Kier molecular flexibility index (Phi) is 7.04. The minimum atomic E-state index is -4.37. The van der Waals surface area contributed by atoms with E-state index < -0.39 is 17.8 Å². The van der Waals surface area contributed by atoms with Crippen molar-refractivity contribution in [1.82, 2.24) is 9.88 Å². The van der Waals surface area contributed by atoms with Gasteiger partial charge in [-0.25, -0.2) is 4.98 Å². The maximum atomic E-state index is 12.6. The van der Waals surface area contributed by atoms with Gasteiger partial charge in [-0.05, 0) is 38.9 Å². The van der Waals surface area contributed by atoms with Crippen LogP contribution in [0.5, 0.6) is 0 Å². The molecule has 0 aliphatic carbocycles. The second-order valence-electron chi connectivity index (χ2n) is 6.58. The zero-order valence-corrected chi connectivity index (χ0v) is 14.7. The maximum Gasteiger partial charge on any atom is 0.417 e. The van der Waals surface area contributed by atoms with Gasteiger partial charge in [0.15, 0.2) is 0 Å². The third-order valence-electron chi connectivity index (χ3n) is 4.08. The van der Waals surface area contributed by atoms with Crippen molar-refractivity contribution >= 4 is 5.82 Å². The van der Waals surface area contributed by atoms with E-state index in [9.17, 15) is 18.3 Å². The van der Waals surface area contributed by atoms with E-state index in [4.69, 9.17) is 4.74 Å². The lowest BCUT2D eigenvalue weighted by Gasteiger charge is -2.25. The Morgan fingerprint density at radius 1 is 1.20 bits per heavy atom. The molecule has 0 radical (unpaired) electrons. The summed E-state index contributed by atoms with van der Waals surface area (Å²) in [4.78, 5) is 8.10. The molecule has 25 heavy (non-hydrogen) atoms. The first-order valence-corrected chi connectivity index (χ1v) is 8.56. The Bertz CT molecular complexity index is 523. The fraction of sp³-hybridized carbons (Fsp3) is 0.706. The van der Waals surface area contributed by atoms with Crippen LogP contribution in [0.1, 0.15) is 25.8 Å². The van der Waals surface area contributed by atoms with Crippen LogP contribution < -0.4 is 4.90 Å². The van der Waals surface area contributed by atoms with Gasteiger partial charge in [-0.1, -0.05) is 0 Å². The molecular formula is C17H26F3N3O2. The number of hydrogen-bond acceptors (Lipinski definition) is 5. The van der Waals surface area contributed by atoms with Crippen LogP contribution in [0.2, 0.25) is 0 Å². The number of pyridine rings is 1. The average Bonchev–Trinajstić information content (AvgIpc) is 2.78. The molecule has 0 bridgehead atoms. The number of aliphatic hydroxyl groups is 1. The number of nitrogens with zero attached hydrogens (tertiary/aromatic N) is 3. The fourth-order valence-electron chi connectivity index (χ4n) is 2.78. The number of rotatable bonds is 6. The maximum absolute atomic E-state index is 12.6. The largest absolute Gasteiger partial charge is 0.417 e. The van der Waals surface area contributed by atoms with Crippen LogP contribution in [0.3, 0.4) is 0 Å². The van der Waals surface area contributed by atoms with E-state index in [-0.39, 0.29) is 6.10 Å². The number of alkyl halides is 3. The molecule has 1 saturated heterocycles. The van der Waals surface area contributed by atoms with Crippen molar-refractivity contribution in [3.63, 3.8) is 0 Å². The van der Waals surface area contributed by atoms with Gasteiger partial charge in [0, 0.05) is 32.4 Å². The second-order valence-corrected chi connectivity index (χ2v) is 6.58. The summed E-state index contributed by atoms with van der Waals surface area (Å²) in [5.74, 6) is 0.554. The Balaban J connectivity index is 1.86. The van der Waals surface area contributed by atoms with Gasteiger partial charge in [0.05, 0.1) is 24.4 Å². The molecular weight excluding hydrogens is 335 g/mol. The quantitative estimate of drug-likeness (QED) is 0.843. The van der Waals surface area contributed by atoms with E-state index in [1.807, 2.05) is 18.7 Å². The van der Waals surface area contributed by atoms with Crippen LogP contribution in [0, 0.1) is 0 Å². The monoisotopic (exact) mass is 361 g/mol. The third kappa shape index (κ3) is 6.45. The van der Waals surface area contributed by atoms with Gasteiger partial charge in [0.25, 0.3) is 0 Å². The van der Waals surface area contributed by atoms with Gasteiger partial charge in [-0.3, -0.25) is 4.90 Å². The van der Waals surface area contributed by atoms with Crippen molar-refractivity contribution in [2.75, 3.05) is 44.2 Å². The predicted octanol–water partition coefficient (Wildman–Crippen LogP) is 2.40. The van der Waals surface area contributed by atoms with Gasteiger partial charge < -0.3 is 14.7 Å². The molecule has 0 saturated carbocycles. The van der Waals surface area contributed by atoms with E-state index in [0.29, 0.717) is 25.5 Å². The van der Waals surface area contributed by atoms with Crippen LogP contribution in [0.4, 0.5) is 19.0 Å². The van der Waals surface area contributed by atoms with Crippen molar-refractivity contribution in [2.24, 2.45) is 0 Å². The third-order valence-corrected chi connectivity index (χ3v) is 4.08. The molecule has 5 nitrogen and oxygen atoms in total. The Morgan fingerprint density at radius 3 is 2.56 bits per heavy atom. The van der Waals surface area contributed by atoms with Crippen molar-refractivity contribution in [3.05, 3.63) is 23.9 Å². The van der Waals surface area contributed by atoms with E-state index in [1.165, 1.54) is 6.07 Å². The summed E-state index contributed by atoms with van der Waals surface area (Å²) in [5.41, 5.74) is -0.735. The molecule has 1 fully saturated rings. The van der Waals surface area contributed by atoms with E-state index in [1.54, 1.807) is 0 Å². The number of aromatic nitrogens is 1. The SMILES string of the molecule is CC(C)OCC(O)CN1CCCN(c2ccc(C(F)(F)F)cn2)CC1. The van der Waals surface area contributed by atoms with Crippen molar-refractivity contribution in [1.29, 1.82) is 0 Å². The summed E-state index contributed by atoms with van der Waals surface area (Å²) in [7, 11) is 0. The molecule has 1 aliphatic heterocycles. The van der Waals surface area contributed by atoms with Crippen molar-refractivity contribution in [3.8, 4) is 0 Å². The van der Waals surface area contributed by atoms with Crippen LogP contribution >= 0.6 is 0 Å². The normalized spacial score (nSPS) is 18.4. The molecule has 0 amide bonds. The number of aliphatic hydroxyl groups excluding tert-OH is 1. The Hall–Kier alpha value is -1.38. The first-order valence-electron chi connectivity index (χ1n) is 8.56.